The summed E-state index contributed by atoms with van der Waals surface area (Å²) in [6.45, 7) is 1.48. The summed E-state index contributed by atoms with van der Waals surface area (Å²) in [4.78, 5) is 0. The number of halogens is 1. The van der Waals surface area contributed by atoms with E-state index < -0.39 is 6.10 Å². The quantitative estimate of drug-likeness (QED) is 0.913. The average molecular weight is 345 g/mol. The molecule has 2 aliphatic rings. The Bertz CT molecular complexity index is 460. The number of fused-ring (bicyclic) bond motifs is 1. The highest BCUT2D eigenvalue weighted by molar-refractivity contribution is 9.10. The Morgan fingerprint density at radius 1 is 1.42 bits per heavy atom. The molecule has 104 valence electrons. The molecule has 3 rings (SSSR count). The van der Waals surface area contributed by atoms with E-state index in [-0.39, 0.29) is 6.10 Å². The third-order valence-corrected chi connectivity index (χ3v) is 5.00. The summed E-state index contributed by atoms with van der Waals surface area (Å²) < 4.78 is 12.4. The standard InChI is InChI=1S/C14H17BrO3S/c15-11-5-9-1-2-18-14(9)10(6-11)7-12(16)13-8-19-4-3-17-13/h5-6,12-13,16H,1-4,7-8H2. The van der Waals surface area contributed by atoms with E-state index in [1.807, 2.05) is 17.8 Å². The van der Waals surface area contributed by atoms with Crippen LogP contribution in [0.25, 0.3) is 0 Å². The van der Waals surface area contributed by atoms with E-state index in [2.05, 4.69) is 22.0 Å². The minimum absolute atomic E-state index is 0.0604. The fraction of sp³-hybridized carbons (Fsp3) is 0.571. The zero-order chi connectivity index (χ0) is 13.2. The van der Waals surface area contributed by atoms with Crippen LogP contribution in [0.3, 0.4) is 0 Å². The Balaban J connectivity index is 1.75. The van der Waals surface area contributed by atoms with Gasteiger partial charge in [0.25, 0.3) is 0 Å². The van der Waals surface area contributed by atoms with E-state index in [0.717, 1.165) is 46.9 Å². The number of aliphatic hydroxyl groups excluding tert-OH is 1. The molecule has 2 atom stereocenters. The summed E-state index contributed by atoms with van der Waals surface area (Å²) >= 11 is 5.37. The van der Waals surface area contributed by atoms with Crippen LogP contribution in [0.4, 0.5) is 0 Å². The molecular formula is C14H17BrO3S. The van der Waals surface area contributed by atoms with Gasteiger partial charge >= 0.3 is 0 Å². The molecule has 1 saturated heterocycles. The molecule has 1 N–H and O–H groups in total. The van der Waals surface area contributed by atoms with Crippen molar-refractivity contribution in [2.45, 2.75) is 25.0 Å². The van der Waals surface area contributed by atoms with Crippen LogP contribution in [0.1, 0.15) is 11.1 Å². The van der Waals surface area contributed by atoms with Crippen LogP contribution in [-0.4, -0.2) is 42.0 Å². The summed E-state index contributed by atoms with van der Waals surface area (Å²) in [6, 6.07) is 4.15. The Morgan fingerprint density at radius 3 is 3.11 bits per heavy atom. The first-order valence-electron chi connectivity index (χ1n) is 6.55. The molecule has 2 heterocycles. The summed E-state index contributed by atoms with van der Waals surface area (Å²) in [6.07, 6.45) is 1.02. The Hall–Kier alpha value is -0.230. The highest BCUT2D eigenvalue weighted by Gasteiger charge is 2.26. The van der Waals surface area contributed by atoms with Crippen LogP contribution in [0.5, 0.6) is 5.75 Å². The van der Waals surface area contributed by atoms with Gasteiger partial charge in [0, 0.05) is 28.8 Å². The van der Waals surface area contributed by atoms with Crippen LogP contribution in [-0.2, 0) is 17.6 Å². The van der Waals surface area contributed by atoms with Gasteiger partial charge in [-0.15, -0.1) is 0 Å². The normalized spacial score (nSPS) is 23.8. The summed E-state index contributed by atoms with van der Waals surface area (Å²) in [5.74, 6) is 2.86. The van der Waals surface area contributed by atoms with Crippen molar-refractivity contribution in [1.29, 1.82) is 0 Å². The number of benzene rings is 1. The smallest absolute Gasteiger partial charge is 0.125 e. The first-order chi connectivity index (χ1) is 9.24. The van der Waals surface area contributed by atoms with Gasteiger partial charge in [0.15, 0.2) is 0 Å². The van der Waals surface area contributed by atoms with Crippen molar-refractivity contribution < 1.29 is 14.6 Å². The van der Waals surface area contributed by atoms with Crippen molar-refractivity contribution in [2.24, 2.45) is 0 Å². The van der Waals surface area contributed by atoms with Crippen molar-refractivity contribution in [3.63, 3.8) is 0 Å². The predicted octanol–water partition coefficient (Wildman–Crippen LogP) is 2.42. The molecule has 0 radical (unpaired) electrons. The van der Waals surface area contributed by atoms with Crippen LogP contribution in [0.2, 0.25) is 0 Å². The molecule has 3 nitrogen and oxygen atoms in total. The maximum atomic E-state index is 10.3. The van der Waals surface area contributed by atoms with Crippen molar-refractivity contribution in [1.82, 2.24) is 0 Å². The molecule has 1 aromatic rings. The molecule has 0 saturated carbocycles. The number of aliphatic hydroxyl groups is 1. The highest BCUT2D eigenvalue weighted by Crippen LogP contribution is 2.34. The molecule has 1 fully saturated rings. The molecule has 0 spiro atoms. The SMILES string of the molecule is OC(Cc1cc(Br)cc2c1OCC2)C1CSCCO1. The Labute approximate surface area is 125 Å². The molecule has 1 aromatic carbocycles. The van der Waals surface area contributed by atoms with Gasteiger partial charge in [-0.25, -0.2) is 0 Å². The van der Waals surface area contributed by atoms with Gasteiger partial charge in [0.1, 0.15) is 5.75 Å². The van der Waals surface area contributed by atoms with Gasteiger partial charge in [-0.2, -0.15) is 11.8 Å². The molecule has 2 unspecified atom stereocenters. The number of thioether (sulfide) groups is 1. The van der Waals surface area contributed by atoms with Crippen molar-refractivity contribution >= 4 is 27.7 Å². The minimum atomic E-state index is -0.463. The van der Waals surface area contributed by atoms with Gasteiger partial charge in [-0.1, -0.05) is 15.9 Å². The third kappa shape index (κ3) is 3.10. The number of hydrogen-bond donors (Lipinski definition) is 1. The molecule has 0 aromatic heterocycles. The van der Waals surface area contributed by atoms with Gasteiger partial charge in [0.05, 0.1) is 25.4 Å². The first-order valence-corrected chi connectivity index (χ1v) is 8.50. The highest BCUT2D eigenvalue weighted by atomic mass is 79.9. The molecule has 5 heteroatoms. The number of ether oxygens (including phenoxy) is 2. The maximum Gasteiger partial charge on any atom is 0.125 e. The summed E-state index contributed by atoms with van der Waals surface area (Å²) in [7, 11) is 0. The first kappa shape index (κ1) is 13.7. The molecule has 0 amide bonds. The summed E-state index contributed by atoms with van der Waals surface area (Å²) in [5, 5.41) is 10.3. The predicted molar refractivity (Wildman–Crippen MR) is 80.1 cm³/mol. The fourth-order valence-electron chi connectivity index (χ4n) is 2.58. The largest absolute Gasteiger partial charge is 0.493 e. The maximum absolute atomic E-state index is 10.3. The van der Waals surface area contributed by atoms with E-state index in [4.69, 9.17) is 9.47 Å². The Kier molecular flexibility index (Phi) is 4.37. The second kappa shape index (κ2) is 6.04. The zero-order valence-electron chi connectivity index (χ0n) is 10.6. The topological polar surface area (TPSA) is 38.7 Å². The van der Waals surface area contributed by atoms with Crippen molar-refractivity contribution in [2.75, 3.05) is 24.7 Å². The fourth-order valence-corrected chi connectivity index (χ4v) is 4.07. The summed E-state index contributed by atoms with van der Waals surface area (Å²) in [5.41, 5.74) is 2.31. The van der Waals surface area contributed by atoms with Crippen LogP contribution >= 0.6 is 27.7 Å². The third-order valence-electron chi connectivity index (χ3n) is 3.53. The molecular weight excluding hydrogens is 328 g/mol. The van der Waals surface area contributed by atoms with E-state index in [1.165, 1.54) is 5.56 Å². The average Bonchev–Trinajstić information content (AvgIpc) is 2.88. The molecule has 19 heavy (non-hydrogen) atoms. The zero-order valence-corrected chi connectivity index (χ0v) is 13.0. The van der Waals surface area contributed by atoms with E-state index >= 15 is 0 Å². The van der Waals surface area contributed by atoms with Gasteiger partial charge in [0.2, 0.25) is 0 Å². The number of rotatable bonds is 3. The monoisotopic (exact) mass is 344 g/mol. The van der Waals surface area contributed by atoms with Crippen LogP contribution < -0.4 is 4.74 Å². The van der Waals surface area contributed by atoms with Crippen molar-refractivity contribution in [3.8, 4) is 5.75 Å². The van der Waals surface area contributed by atoms with Gasteiger partial charge in [-0.3, -0.25) is 0 Å². The van der Waals surface area contributed by atoms with E-state index in [1.54, 1.807) is 0 Å². The Morgan fingerprint density at radius 2 is 2.32 bits per heavy atom. The molecule has 0 bridgehead atoms. The lowest BCUT2D eigenvalue weighted by atomic mass is 10.0. The molecule has 2 aliphatic heterocycles. The van der Waals surface area contributed by atoms with E-state index in [0.29, 0.717) is 6.42 Å². The lowest BCUT2D eigenvalue weighted by Gasteiger charge is -2.27. The molecule has 0 aliphatic carbocycles. The lowest BCUT2D eigenvalue weighted by Crippen LogP contribution is -2.36. The van der Waals surface area contributed by atoms with Crippen LogP contribution in [0.15, 0.2) is 16.6 Å². The second-order valence-electron chi connectivity index (χ2n) is 4.91. The van der Waals surface area contributed by atoms with Crippen molar-refractivity contribution in [3.05, 3.63) is 27.7 Å². The van der Waals surface area contributed by atoms with Crippen LogP contribution in [0, 0.1) is 0 Å². The minimum Gasteiger partial charge on any atom is -0.493 e. The second-order valence-corrected chi connectivity index (χ2v) is 6.97. The van der Waals surface area contributed by atoms with Gasteiger partial charge < -0.3 is 14.6 Å². The van der Waals surface area contributed by atoms with E-state index in [9.17, 15) is 5.11 Å². The number of hydrogen-bond acceptors (Lipinski definition) is 4. The van der Waals surface area contributed by atoms with Gasteiger partial charge in [-0.05, 0) is 23.3 Å². The lowest BCUT2D eigenvalue weighted by molar-refractivity contribution is -0.0209.